The fourth-order valence-electron chi connectivity index (χ4n) is 3.38. The number of nitrogens with zero attached hydrogens (tertiary/aromatic N) is 2. The number of rotatable bonds is 6. The monoisotopic (exact) mass is 393 g/mol. The highest BCUT2D eigenvalue weighted by Crippen LogP contribution is 2.34. The Kier molecular flexibility index (Phi) is 6.59. The molecule has 3 rings (SSSR count). The molecule has 1 saturated carbocycles. The fourth-order valence-corrected chi connectivity index (χ4v) is 4.29. The van der Waals surface area contributed by atoms with Crippen LogP contribution in [0.5, 0.6) is 0 Å². The van der Waals surface area contributed by atoms with E-state index in [4.69, 9.17) is 16.1 Å². The minimum Gasteiger partial charge on any atom is -0.343 e. The van der Waals surface area contributed by atoms with Gasteiger partial charge in [0.15, 0.2) is 5.82 Å². The third-order valence-corrected chi connectivity index (χ3v) is 5.96. The molecule has 7 heteroatoms. The van der Waals surface area contributed by atoms with Gasteiger partial charge >= 0.3 is 0 Å². The second-order valence-electron chi connectivity index (χ2n) is 6.80. The Morgan fingerprint density at radius 3 is 2.54 bits per heavy atom. The first kappa shape index (κ1) is 19.2. The van der Waals surface area contributed by atoms with E-state index in [-0.39, 0.29) is 5.91 Å². The van der Waals surface area contributed by atoms with Crippen LogP contribution < -0.4 is 5.32 Å². The summed E-state index contributed by atoms with van der Waals surface area (Å²) in [6.45, 7) is 1.78. The van der Waals surface area contributed by atoms with Crippen LogP contribution in [0.2, 0.25) is 5.02 Å². The maximum Gasteiger partial charge on any atom is 0.230 e. The van der Waals surface area contributed by atoms with Crippen LogP contribution in [0.3, 0.4) is 0 Å². The highest BCUT2D eigenvalue weighted by molar-refractivity contribution is 7.99. The summed E-state index contributed by atoms with van der Waals surface area (Å²) in [5.41, 5.74) is 0.664. The van der Waals surface area contributed by atoms with Crippen molar-refractivity contribution >= 4 is 29.3 Å². The van der Waals surface area contributed by atoms with Gasteiger partial charge in [0.1, 0.15) is 5.54 Å². The van der Waals surface area contributed by atoms with Gasteiger partial charge in [0, 0.05) is 17.7 Å². The Hall–Kier alpha value is -1.53. The highest BCUT2D eigenvalue weighted by atomic mass is 35.5. The van der Waals surface area contributed by atoms with Gasteiger partial charge in [-0.15, -0.1) is 11.8 Å². The molecule has 0 aliphatic heterocycles. The van der Waals surface area contributed by atoms with Crippen LogP contribution in [-0.2, 0) is 16.1 Å². The second-order valence-corrected chi connectivity index (χ2v) is 8.22. The zero-order valence-electron chi connectivity index (χ0n) is 15.0. The number of carbonyl (C=O) groups excluding carboxylic acids is 1. The lowest BCUT2D eigenvalue weighted by atomic mass is 9.89. The van der Waals surface area contributed by atoms with Crippen LogP contribution in [0, 0.1) is 6.92 Å². The third kappa shape index (κ3) is 5.01. The van der Waals surface area contributed by atoms with E-state index in [1.165, 1.54) is 12.8 Å². The van der Waals surface area contributed by atoms with Gasteiger partial charge in [-0.2, -0.15) is 4.98 Å². The van der Waals surface area contributed by atoms with Crippen LogP contribution in [0.15, 0.2) is 28.8 Å². The molecule has 1 N–H and O–H groups in total. The number of aromatic nitrogens is 2. The molecule has 0 spiro atoms. The number of halogens is 1. The van der Waals surface area contributed by atoms with Gasteiger partial charge in [0.05, 0.1) is 5.75 Å². The molecule has 5 nitrogen and oxygen atoms in total. The number of hydrogen-bond donors (Lipinski definition) is 1. The predicted molar refractivity (Wildman–Crippen MR) is 104 cm³/mol. The van der Waals surface area contributed by atoms with Crippen LogP contribution in [0.25, 0.3) is 0 Å². The minimum atomic E-state index is -0.494. The summed E-state index contributed by atoms with van der Waals surface area (Å²) in [6, 6.07) is 7.72. The zero-order chi connectivity index (χ0) is 18.4. The summed E-state index contributed by atoms with van der Waals surface area (Å²) in [4.78, 5) is 17.0. The Labute approximate surface area is 163 Å². The van der Waals surface area contributed by atoms with E-state index in [9.17, 15) is 4.79 Å². The number of hydrogen-bond acceptors (Lipinski definition) is 5. The van der Waals surface area contributed by atoms with Gasteiger partial charge in [-0.1, -0.05) is 54.6 Å². The Morgan fingerprint density at radius 2 is 1.92 bits per heavy atom. The second kappa shape index (κ2) is 8.91. The third-order valence-electron chi connectivity index (χ3n) is 4.71. The minimum absolute atomic E-state index is 0.0216. The van der Waals surface area contributed by atoms with Crippen molar-refractivity contribution in [1.82, 2.24) is 15.5 Å². The van der Waals surface area contributed by atoms with Gasteiger partial charge in [0.25, 0.3) is 0 Å². The number of aryl methyl sites for hydroxylation is 1. The maximum atomic E-state index is 12.6. The molecule has 1 amide bonds. The fraction of sp³-hybridized carbons (Fsp3) is 0.526. The lowest BCUT2D eigenvalue weighted by Crippen LogP contribution is -2.47. The van der Waals surface area contributed by atoms with Crippen molar-refractivity contribution < 1.29 is 9.32 Å². The number of carbonyl (C=O) groups is 1. The molecule has 0 unspecified atom stereocenters. The van der Waals surface area contributed by atoms with E-state index in [1.54, 1.807) is 18.7 Å². The molecule has 0 radical (unpaired) electrons. The normalized spacial score (nSPS) is 16.8. The number of nitrogens with one attached hydrogen (secondary N) is 1. The van der Waals surface area contributed by atoms with Gasteiger partial charge in [-0.3, -0.25) is 4.79 Å². The summed E-state index contributed by atoms with van der Waals surface area (Å²) in [5.74, 6) is 2.36. The van der Waals surface area contributed by atoms with Crippen molar-refractivity contribution in [2.24, 2.45) is 0 Å². The quantitative estimate of drug-likeness (QED) is 0.724. The molecule has 26 heavy (non-hydrogen) atoms. The molecule has 0 bridgehead atoms. The Balaban J connectivity index is 1.61. The van der Waals surface area contributed by atoms with Crippen LogP contribution in [0.4, 0.5) is 0 Å². The summed E-state index contributed by atoms with van der Waals surface area (Å²) < 4.78 is 5.19. The standard InChI is InChI=1S/C19H24ClN3O2S/c1-14-21-18(23-25-14)19(10-4-2-3-5-11-19)22-17(24)13-26-12-15-6-8-16(20)9-7-15/h6-9H,2-5,10-13H2,1H3,(H,22,24). The lowest BCUT2D eigenvalue weighted by molar-refractivity contribution is -0.120. The topological polar surface area (TPSA) is 68.0 Å². The van der Waals surface area contributed by atoms with Crippen molar-refractivity contribution in [3.05, 3.63) is 46.6 Å². The first-order valence-electron chi connectivity index (χ1n) is 9.01. The van der Waals surface area contributed by atoms with Crippen molar-refractivity contribution in [3.8, 4) is 0 Å². The Morgan fingerprint density at radius 1 is 1.23 bits per heavy atom. The highest BCUT2D eigenvalue weighted by Gasteiger charge is 2.38. The summed E-state index contributed by atoms with van der Waals surface area (Å²) in [6.07, 6.45) is 6.20. The number of benzene rings is 1. The van der Waals surface area contributed by atoms with Crippen molar-refractivity contribution in [3.63, 3.8) is 0 Å². The van der Waals surface area contributed by atoms with Crippen LogP contribution >= 0.6 is 23.4 Å². The molecular weight excluding hydrogens is 370 g/mol. The van der Waals surface area contributed by atoms with E-state index in [0.29, 0.717) is 17.5 Å². The summed E-state index contributed by atoms with van der Waals surface area (Å²) >= 11 is 7.50. The first-order valence-corrected chi connectivity index (χ1v) is 10.5. The van der Waals surface area contributed by atoms with E-state index < -0.39 is 5.54 Å². The molecule has 1 heterocycles. The first-order chi connectivity index (χ1) is 12.6. The van der Waals surface area contributed by atoms with Crippen molar-refractivity contribution in [2.45, 2.75) is 56.7 Å². The van der Waals surface area contributed by atoms with Crippen molar-refractivity contribution in [2.75, 3.05) is 5.75 Å². The van der Waals surface area contributed by atoms with Gasteiger partial charge in [-0.05, 0) is 30.5 Å². The largest absolute Gasteiger partial charge is 0.343 e. The molecule has 1 aliphatic rings. The van der Waals surface area contributed by atoms with Crippen LogP contribution in [-0.4, -0.2) is 21.8 Å². The van der Waals surface area contributed by atoms with Gasteiger partial charge < -0.3 is 9.84 Å². The average molecular weight is 394 g/mol. The van der Waals surface area contributed by atoms with E-state index >= 15 is 0 Å². The molecule has 2 aromatic rings. The van der Waals surface area contributed by atoms with Gasteiger partial charge in [0.2, 0.25) is 11.8 Å². The van der Waals surface area contributed by atoms with Crippen molar-refractivity contribution in [1.29, 1.82) is 0 Å². The molecule has 1 fully saturated rings. The van der Waals surface area contributed by atoms with Crippen LogP contribution in [0.1, 0.15) is 55.8 Å². The van der Waals surface area contributed by atoms with E-state index in [0.717, 1.165) is 42.0 Å². The molecule has 0 saturated heterocycles. The van der Waals surface area contributed by atoms with E-state index in [2.05, 4.69) is 15.5 Å². The molecule has 1 aromatic carbocycles. The molecule has 1 aromatic heterocycles. The lowest BCUT2D eigenvalue weighted by Gasteiger charge is -2.30. The predicted octanol–water partition coefficient (Wildman–Crippen LogP) is 4.63. The summed E-state index contributed by atoms with van der Waals surface area (Å²) in [7, 11) is 0. The number of thioether (sulfide) groups is 1. The maximum absolute atomic E-state index is 12.6. The molecular formula is C19H24ClN3O2S. The number of amides is 1. The van der Waals surface area contributed by atoms with E-state index in [1.807, 2.05) is 24.3 Å². The Bertz CT molecular complexity index is 725. The molecule has 1 aliphatic carbocycles. The summed E-state index contributed by atoms with van der Waals surface area (Å²) in [5, 5.41) is 8.08. The molecule has 140 valence electrons. The smallest absolute Gasteiger partial charge is 0.230 e. The zero-order valence-corrected chi connectivity index (χ0v) is 16.5. The molecule has 0 atom stereocenters. The average Bonchev–Trinajstić information content (AvgIpc) is 2.93. The SMILES string of the molecule is Cc1nc(C2(NC(=O)CSCc3ccc(Cl)cc3)CCCCCC2)no1. The van der Waals surface area contributed by atoms with Gasteiger partial charge in [-0.25, -0.2) is 0 Å².